The molecule has 90 valence electrons. The molecule has 0 bridgehead atoms. The van der Waals surface area contributed by atoms with Crippen molar-refractivity contribution in [1.29, 1.82) is 0 Å². The van der Waals surface area contributed by atoms with Gasteiger partial charge in [-0.2, -0.15) is 8.78 Å². The van der Waals surface area contributed by atoms with E-state index in [1.54, 1.807) is 12.1 Å². The Bertz CT molecular complexity index is 356. The van der Waals surface area contributed by atoms with E-state index in [-0.39, 0.29) is 23.6 Å². The van der Waals surface area contributed by atoms with Gasteiger partial charge in [0.1, 0.15) is 5.75 Å². The van der Waals surface area contributed by atoms with E-state index in [0.29, 0.717) is 6.54 Å². The van der Waals surface area contributed by atoms with Crippen LogP contribution in [0.2, 0.25) is 0 Å². The zero-order valence-electron chi connectivity index (χ0n) is 8.66. The Kier molecular flexibility index (Phi) is 4.10. The smallest absolute Gasteiger partial charge is 0.387 e. The van der Waals surface area contributed by atoms with Crippen LogP contribution in [-0.4, -0.2) is 13.2 Å². The Morgan fingerprint density at radius 1 is 1.31 bits per heavy atom. The topological polar surface area (TPSA) is 35.2 Å². The quantitative estimate of drug-likeness (QED) is 0.891. The Labute approximate surface area is 99.2 Å². The molecule has 16 heavy (non-hydrogen) atoms. The summed E-state index contributed by atoms with van der Waals surface area (Å²) < 4.78 is 28.8. The number of nitrogens with two attached hydrogens (primary N) is 1. The van der Waals surface area contributed by atoms with Gasteiger partial charge in [0.05, 0.1) is 0 Å². The standard InChI is InChI=1S/C11H13F2NO.ClH/c12-10(13)15-9-4-2-1-3-8(9)11(7-14)5-6-11;/h1-4,10H,5-7,14H2;1H. The summed E-state index contributed by atoms with van der Waals surface area (Å²) in [6.07, 6.45) is 1.90. The second-order valence-electron chi connectivity index (χ2n) is 3.86. The fourth-order valence-electron chi connectivity index (χ4n) is 1.84. The highest BCUT2D eigenvalue weighted by molar-refractivity contribution is 5.85. The summed E-state index contributed by atoms with van der Waals surface area (Å²) in [5.74, 6) is 0.260. The van der Waals surface area contributed by atoms with Gasteiger partial charge < -0.3 is 10.5 Å². The van der Waals surface area contributed by atoms with Gasteiger partial charge in [0.25, 0.3) is 0 Å². The molecule has 2 N–H and O–H groups in total. The lowest BCUT2D eigenvalue weighted by atomic mass is 9.95. The van der Waals surface area contributed by atoms with E-state index in [0.717, 1.165) is 18.4 Å². The molecule has 1 aromatic rings. The van der Waals surface area contributed by atoms with Crippen molar-refractivity contribution in [2.24, 2.45) is 5.73 Å². The highest BCUT2D eigenvalue weighted by atomic mass is 35.5. The molecule has 5 heteroatoms. The van der Waals surface area contributed by atoms with Gasteiger partial charge in [0.2, 0.25) is 0 Å². The minimum absolute atomic E-state index is 0. The SMILES string of the molecule is Cl.NCC1(c2ccccc2OC(F)F)CC1. The minimum atomic E-state index is -2.78. The molecule has 1 fully saturated rings. The van der Waals surface area contributed by atoms with Gasteiger partial charge in [0, 0.05) is 17.5 Å². The lowest BCUT2D eigenvalue weighted by molar-refractivity contribution is -0.0507. The molecular formula is C11H14ClF2NO. The van der Waals surface area contributed by atoms with Gasteiger partial charge in [0.15, 0.2) is 0 Å². The third-order valence-electron chi connectivity index (χ3n) is 2.92. The number of hydrogen-bond donors (Lipinski definition) is 1. The number of halogens is 3. The number of ether oxygens (including phenoxy) is 1. The van der Waals surface area contributed by atoms with Crippen LogP contribution in [0.25, 0.3) is 0 Å². The summed E-state index contributed by atoms with van der Waals surface area (Å²) in [6.45, 7) is -2.30. The van der Waals surface area contributed by atoms with Crippen LogP contribution in [0.1, 0.15) is 18.4 Å². The van der Waals surface area contributed by atoms with E-state index in [4.69, 9.17) is 5.73 Å². The molecular weight excluding hydrogens is 236 g/mol. The first-order valence-corrected chi connectivity index (χ1v) is 4.92. The zero-order valence-corrected chi connectivity index (χ0v) is 9.47. The lowest BCUT2D eigenvalue weighted by Crippen LogP contribution is -2.21. The number of rotatable bonds is 4. The molecule has 1 saturated carbocycles. The van der Waals surface area contributed by atoms with Crippen LogP contribution in [0.15, 0.2) is 24.3 Å². The molecule has 1 aliphatic rings. The van der Waals surface area contributed by atoms with Gasteiger partial charge in [-0.3, -0.25) is 0 Å². The third-order valence-corrected chi connectivity index (χ3v) is 2.92. The fourth-order valence-corrected chi connectivity index (χ4v) is 1.84. The average Bonchev–Trinajstić information content (AvgIpc) is 2.98. The summed E-state index contributed by atoms with van der Waals surface area (Å²) >= 11 is 0. The molecule has 0 spiro atoms. The highest BCUT2D eigenvalue weighted by Gasteiger charge is 2.44. The average molecular weight is 250 g/mol. The number of para-hydroxylation sites is 1. The maximum Gasteiger partial charge on any atom is 0.387 e. The van der Waals surface area contributed by atoms with E-state index in [1.165, 1.54) is 0 Å². The van der Waals surface area contributed by atoms with Gasteiger partial charge in [-0.25, -0.2) is 0 Å². The summed E-state index contributed by atoms with van der Waals surface area (Å²) in [5, 5.41) is 0. The molecule has 0 unspecified atom stereocenters. The number of alkyl halides is 2. The van der Waals surface area contributed by atoms with E-state index in [1.807, 2.05) is 12.1 Å². The Morgan fingerprint density at radius 2 is 1.94 bits per heavy atom. The summed E-state index contributed by atoms with van der Waals surface area (Å²) in [4.78, 5) is 0. The number of hydrogen-bond acceptors (Lipinski definition) is 2. The second kappa shape index (κ2) is 4.97. The largest absolute Gasteiger partial charge is 0.435 e. The van der Waals surface area contributed by atoms with Gasteiger partial charge >= 0.3 is 6.61 Å². The van der Waals surface area contributed by atoms with Crippen molar-refractivity contribution >= 4 is 12.4 Å². The molecule has 2 nitrogen and oxygen atoms in total. The molecule has 0 saturated heterocycles. The van der Waals surface area contributed by atoms with Crippen molar-refractivity contribution in [2.45, 2.75) is 24.9 Å². The maximum absolute atomic E-state index is 12.2. The van der Waals surface area contributed by atoms with Crippen LogP contribution in [0.5, 0.6) is 5.75 Å². The van der Waals surface area contributed by atoms with Crippen molar-refractivity contribution in [2.75, 3.05) is 6.54 Å². The van der Waals surface area contributed by atoms with Gasteiger partial charge in [-0.1, -0.05) is 18.2 Å². The van der Waals surface area contributed by atoms with Crippen molar-refractivity contribution in [1.82, 2.24) is 0 Å². The maximum atomic E-state index is 12.2. The normalized spacial score (nSPS) is 16.8. The zero-order chi connectivity index (χ0) is 10.9. The van der Waals surface area contributed by atoms with E-state index in [2.05, 4.69) is 4.74 Å². The molecule has 0 radical (unpaired) electrons. The summed E-state index contributed by atoms with van der Waals surface area (Å²) in [6, 6.07) is 6.89. The monoisotopic (exact) mass is 249 g/mol. The molecule has 0 aromatic heterocycles. The van der Waals surface area contributed by atoms with Gasteiger partial charge in [-0.15, -0.1) is 12.4 Å². The molecule has 1 aromatic carbocycles. The molecule has 0 atom stereocenters. The van der Waals surface area contributed by atoms with E-state index in [9.17, 15) is 8.78 Å². The Balaban J connectivity index is 0.00000128. The van der Waals surface area contributed by atoms with Crippen molar-refractivity contribution in [3.8, 4) is 5.75 Å². The molecule has 0 aliphatic heterocycles. The Hall–Kier alpha value is -0.870. The first-order valence-electron chi connectivity index (χ1n) is 4.92. The van der Waals surface area contributed by atoms with Crippen LogP contribution in [-0.2, 0) is 5.41 Å². The molecule has 1 aliphatic carbocycles. The fraction of sp³-hybridized carbons (Fsp3) is 0.455. The number of benzene rings is 1. The van der Waals surface area contributed by atoms with Crippen LogP contribution in [0, 0.1) is 0 Å². The van der Waals surface area contributed by atoms with Gasteiger partial charge in [-0.05, 0) is 18.9 Å². The van der Waals surface area contributed by atoms with Crippen LogP contribution in [0.3, 0.4) is 0 Å². The van der Waals surface area contributed by atoms with Crippen LogP contribution < -0.4 is 10.5 Å². The second-order valence-corrected chi connectivity index (χ2v) is 3.86. The molecule has 0 heterocycles. The summed E-state index contributed by atoms with van der Waals surface area (Å²) in [5.41, 5.74) is 6.35. The van der Waals surface area contributed by atoms with Crippen LogP contribution in [0.4, 0.5) is 8.78 Å². The van der Waals surface area contributed by atoms with Crippen molar-refractivity contribution in [3.63, 3.8) is 0 Å². The Morgan fingerprint density at radius 3 is 2.44 bits per heavy atom. The molecule has 0 amide bonds. The van der Waals surface area contributed by atoms with E-state index >= 15 is 0 Å². The van der Waals surface area contributed by atoms with Crippen molar-refractivity contribution < 1.29 is 13.5 Å². The highest BCUT2D eigenvalue weighted by Crippen LogP contribution is 2.50. The molecule has 2 rings (SSSR count). The minimum Gasteiger partial charge on any atom is -0.435 e. The summed E-state index contributed by atoms with van der Waals surface area (Å²) in [7, 11) is 0. The first-order chi connectivity index (χ1) is 7.18. The van der Waals surface area contributed by atoms with Crippen LogP contribution >= 0.6 is 12.4 Å². The predicted octanol–water partition coefficient (Wildman–Crippen LogP) is 2.70. The first kappa shape index (κ1) is 13.2. The van der Waals surface area contributed by atoms with Crippen molar-refractivity contribution in [3.05, 3.63) is 29.8 Å². The third kappa shape index (κ3) is 2.44. The predicted molar refractivity (Wildman–Crippen MR) is 60.3 cm³/mol. The van der Waals surface area contributed by atoms with E-state index < -0.39 is 6.61 Å². The lowest BCUT2D eigenvalue weighted by Gasteiger charge is -2.17.